The molecular formula is C20H20N2O3. The van der Waals surface area contributed by atoms with Gasteiger partial charge in [-0.3, -0.25) is 9.59 Å². The molecule has 0 aliphatic carbocycles. The SMILES string of the molecule is Cc1ccc(C(=O)NCC(=O)NCc2cc3ccccc3o2)cc1C. The molecule has 0 unspecified atom stereocenters. The summed E-state index contributed by atoms with van der Waals surface area (Å²) >= 11 is 0. The highest BCUT2D eigenvalue weighted by Gasteiger charge is 2.10. The third-order valence-electron chi connectivity index (χ3n) is 4.11. The van der Waals surface area contributed by atoms with Gasteiger partial charge in [-0.2, -0.15) is 0 Å². The number of amides is 2. The van der Waals surface area contributed by atoms with Crippen LogP contribution in [0.2, 0.25) is 0 Å². The van der Waals surface area contributed by atoms with Gasteiger partial charge in [-0.25, -0.2) is 0 Å². The Labute approximate surface area is 146 Å². The molecule has 1 aromatic heterocycles. The van der Waals surface area contributed by atoms with E-state index in [0.29, 0.717) is 11.3 Å². The number of nitrogens with one attached hydrogen (secondary N) is 2. The lowest BCUT2D eigenvalue weighted by atomic mass is 10.1. The molecule has 25 heavy (non-hydrogen) atoms. The van der Waals surface area contributed by atoms with E-state index in [1.807, 2.05) is 56.3 Å². The summed E-state index contributed by atoms with van der Waals surface area (Å²) in [5.74, 6) is 0.148. The van der Waals surface area contributed by atoms with Gasteiger partial charge in [0.05, 0.1) is 13.1 Å². The third kappa shape index (κ3) is 4.07. The van der Waals surface area contributed by atoms with Gasteiger partial charge in [0.2, 0.25) is 5.91 Å². The number of carbonyl (C=O) groups is 2. The molecule has 0 aliphatic rings. The van der Waals surface area contributed by atoms with Crippen molar-refractivity contribution in [3.05, 3.63) is 71.0 Å². The Balaban J connectivity index is 1.50. The second-order valence-electron chi connectivity index (χ2n) is 6.01. The summed E-state index contributed by atoms with van der Waals surface area (Å²) < 4.78 is 5.64. The maximum absolute atomic E-state index is 12.1. The van der Waals surface area contributed by atoms with Crippen LogP contribution in [0.15, 0.2) is 52.9 Å². The van der Waals surface area contributed by atoms with Crippen LogP contribution in [0.25, 0.3) is 11.0 Å². The molecule has 2 amide bonds. The first-order chi connectivity index (χ1) is 12.0. The molecule has 3 rings (SSSR count). The zero-order valence-corrected chi connectivity index (χ0v) is 14.3. The number of benzene rings is 2. The normalized spacial score (nSPS) is 10.6. The summed E-state index contributed by atoms with van der Waals surface area (Å²) in [4.78, 5) is 24.0. The molecule has 2 aromatic carbocycles. The Morgan fingerprint density at radius 1 is 0.960 bits per heavy atom. The molecule has 0 aliphatic heterocycles. The van der Waals surface area contributed by atoms with E-state index >= 15 is 0 Å². The first-order valence-corrected chi connectivity index (χ1v) is 8.12. The molecule has 2 N–H and O–H groups in total. The van der Waals surface area contributed by atoms with E-state index in [-0.39, 0.29) is 24.9 Å². The fourth-order valence-corrected chi connectivity index (χ4v) is 2.52. The van der Waals surface area contributed by atoms with Crippen molar-refractivity contribution in [1.29, 1.82) is 0 Å². The predicted molar refractivity (Wildman–Crippen MR) is 96.3 cm³/mol. The highest BCUT2D eigenvalue weighted by molar-refractivity contribution is 5.96. The van der Waals surface area contributed by atoms with Gasteiger partial charge in [-0.1, -0.05) is 24.3 Å². The fourth-order valence-electron chi connectivity index (χ4n) is 2.52. The van der Waals surface area contributed by atoms with Gasteiger partial charge in [-0.15, -0.1) is 0 Å². The van der Waals surface area contributed by atoms with E-state index in [9.17, 15) is 9.59 Å². The number of aryl methyl sites for hydroxylation is 2. The van der Waals surface area contributed by atoms with Crippen LogP contribution in [0.3, 0.4) is 0 Å². The van der Waals surface area contributed by atoms with Crippen molar-refractivity contribution >= 4 is 22.8 Å². The molecule has 0 saturated heterocycles. The smallest absolute Gasteiger partial charge is 0.251 e. The number of furan rings is 1. The summed E-state index contributed by atoms with van der Waals surface area (Å²) in [6.45, 7) is 4.15. The first kappa shape index (κ1) is 16.8. The van der Waals surface area contributed by atoms with Crippen LogP contribution in [0.5, 0.6) is 0 Å². The number of carbonyl (C=O) groups excluding carboxylic acids is 2. The fraction of sp³-hybridized carbons (Fsp3) is 0.200. The minimum absolute atomic E-state index is 0.0774. The summed E-state index contributed by atoms with van der Waals surface area (Å²) in [6, 6.07) is 15.0. The molecule has 1 heterocycles. The van der Waals surface area contributed by atoms with Crippen molar-refractivity contribution in [2.45, 2.75) is 20.4 Å². The van der Waals surface area contributed by atoms with Crippen molar-refractivity contribution in [3.8, 4) is 0 Å². The first-order valence-electron chi connectivity index (χ1n) is 8.12. The lowest BCUT2D eigenvalue weighted by Gasteiger charge is -2.07. The zero-order valence-electron chi connectivity index (χ0n) is 14.3. The Kier molecular flexibility index (Phi) is 4.84. The maximum Gasteiger partial charge on any atom is 0.251 e. The summed E-state index contributed by atoms with van der Waals surface area (Å²) in [6.07, 6.45) is 0. The quantitative estimate of drug-likeness (QED) is 0.752. The minimum atomic E-state index is -0.266. The monoisotopic (exact) mass is 336 g/mol. The molecule has 5 nitrogen and oxygen atoms in total. The maximum atomic E-state index is 12.1. The highest BCUT2D eigenvalue weighted by Crippen LogP contribution is 2.18. The van der Waals surface area contributed by atoms with Crippen LogP contribution in [0, 0.1) is 13.8 Å². The Morgan fingerprint density at radius 3 is 2.52 bits per heavy atom. The number of rotatable bonds is 5. The Bertz CT molecular complexity index is 895. The summed E-state index contributed by atoms with van der Waals surface area (Å²) in [5, 5.41) is 6.36. The van der Waals surface area contributed by atoms with Crippen LogP contribution in [-0.4, -0.2) is 18.4 Å². The molecule has 0 radical (unpaired) electrons. The van der Waals surface area contributed by atoms with E-state index in [0.717, 1.165) is 22.1 Å². The zero-order chi connectivity index (χ0) is 17.8. The number of hydrogen-bond acceptors (Lipinski definition) is 3. The highest BCUT2D eigenvalue weighted by atomic mass is 16.3. The van der Waals surface area contributed by atoms with E-state index in [2.05, 4.69) is 10.6 Å². The van der Waals surface area contributed by atoms with Crippen molar-refractivity contribution in [1.82, 2.24) is 10.6 Å². The van der Waals surface area contributed by atoms with Gasteiger partial charge in [0, 0.05) is 10.9 Å². The van der Waals surface area contributed by atoms with Gasteiger partial charge < -0.3 is 15.1 Å². The van der Waals surface area contributed by atoms with Crippen molar-refractivity contribution < 1.29 is 14.0 Å². The molecule has 0 atom stereocenters. The van der Waals surface area contributed by atoms with E-state index in [1.54, 1.807) is 6.07 Å². The minimum Gasteiger partial charge on any atom is -0.459 e. The average Bonchev–Trinajstić information content (AvgIpc) is 3.03. The summed E-state index contributed by atoms with van der Waals surface area (Å²) in [7, 11) is 0. The van der Waals surface area contributed by atoms with Crippen LogP contribution < -0.4 is 10.6 Å². The molecule has 128 valence electrons. The van der Waals surface area contributed by atoms with Crippen LogP contribution >= 0.6 is 0 Å². The van der Waals surface area contributed by atoms with Crippen molar-refractivity contribution in [2.24, 2.45) is 0 Å². The Morgan fingerprint density at radius 2 is 1.76 bits per heavy atom. The van der Waals surface area contributed by atoms with E-state index in [4.69, 9.17) is 4.42 Å². The van der Waals surface area contributed by atoms with Gasteiger partial charge in [0.1, 0.15) is 11.3 Å². The van der Waals surface area contributed by atoms with Gasteiger partial charge >= 0.3 is 0 Å². The molecule has 3 aromatic rings. The Hall–Kier alpha value is -3.08. The van der Waals surface area contributed by atoms with Crippen molar-refractivity contribution in [3.63, 3.8) is 0 Å². The third-order valence-corrected chi connectivity index (χ3v) is 4.11. The average molecular weight is 336 g/mol. The van der Waals surface area contributed by atoms with Crippen LogP contribution in [0.4, 0.5) is 0 Å². The second-order valence-corrected chi connectivity index (χ2v) is 6.01. The van der Waals surface area contributed by atoms with Gasteiger partial charge in [0.25, 0.3) is 5.91 Å². The molecule has 5 heteroatoms. The largest absolute Gasteiger partial charge is 0.459 e. The second kappa shape index (κ2) is 7.21. The van der Waals surface area contributed by atoms with E-state index < -0.39 is 0 Å². The van der Waals surface area contributed by atoms with Gasteiger partial charge in [0.15, 0.2) is 0 Å². The van der Waals surface area contributed by atoms with Crippen LogP contribution in [0.1, 0.15) is 27.2 Å². The number of fused-ring (bicyclic) bond motifs is 1. The van der Waals surface area contributed by atoms with Crippen LogP contribution in [-0.2, 0) is 11.3 Å². The summed E-state index contributed by atoms with van der Waals surface area (Å²) in [5.41, 5.74) is 3.50. The number of hydrogen-bond donors (Lipinski definition) is 2. The van der Waals surface area contributed by atoms with Crippen molar-refractivity contribution in [2.75, 3.05) is 6.54 Å². The molecule has 0 spiro atoms. The number of para-hydroxylation sites is 1. The van der Waals surface area contributed by atoms with E-state index in [1.165, 1.54) is 0 Å². The molecule has 0 saturated carbocycles. The lowest BCUT2D eigenvalue weighted by Crippen LogP contribution is -2.36. The molecular weight excluding hydrogens is 316 g/mol. The molecule has 0 fully saturated rings. The topological polar surface area (TPSA) is 71.3 Å². The molecule has 0 bridgehead atoms. The standard InChI is InChI=1S/C20H20N2O3/c1-13-7-8-16(9-14(13)2)20(24)22-12-19(23)21-11-17-10-15-5-3-4-6-18(15)25-17/h3-10H,11-12H2,1-2H3,(H,21,23)(H,22,24). The predicted octanol–water partition coefficient (Wildman–Crippen LogP) is 3.10. The van der Waals surface area contributed by atoms with Gasteiger partial charge in [-0.05, 0) is 49.2 Å². The lowest BCUT2D eigenvalue weighted by molar-refractivity contribution is -0.120.